The van der Waals surface area contributed by atoms with Gasteiger partial charge in [0.15, 0.2) is 0 Å². The van der Waals surface area contributed by atoms with Gasteiger partial charge in [0.05, 0.1) is 17.8 Å². The van der Waals surface area contributed by atoms with E-state index in [1.807, 2.05) is 0 Å². The van der Waals surface area contributed by atoms with Crippen molar-refractivity contribution in [2.24, 2.45) is 0 Å². The summed E-state index contributed by atoms with van der Waals surface area (Å²) in [6, 6.07) is 9.06. The van der Waals surface area contributed by atoms with Crippen molar-refractivity contribution in [1.82, 2.24) is 5.32 Å². The minimum atomic E-state index is -0.559. The van der Waals surface area contributed by atoms with Crippen LogP contribution in [0.1, 0.15) is 15.9 Å². The van der Waals surface area contributed by atoms with Crippen molar-refractivity contribution in [3.8, 4) is 5.75 Å². The fourth-order valence-corrected chi connectivity index (χ4v) is 2.00. The normalized spacial score (nSPS) is 10.2. The maximum atomic E-state index is 13.0. The van der Waals surface area contributed by atoms with E-state index in [0.29, 0.717) is 23.5 Å². The predicted octanol–water partition coefficient (Wildman–Crippen LogP) is 3.00. The van der Waals surface area contributed by atoms with Gasteiger partial charge >= 0.3 is 0 Å². The number of hydrogen-bond acceptors (Lipinski definition) is 3. The molecule has 0 heterocycles. The van der Waals surface area contributed by atoms with Gasteiger partial charge in [0.25, 0.3) is 5.91 Å². The minimum Gasteiger partial charge on any atom is -0.495 e. The number of hydrogen-bond donors (Lipinski definition) is 2. The number of carbonyl (C=O) groups excluding carboxylic acids is 1. The zero-order valence-corrected chi connectivity index (χ0v) is 12.1. The van der Waals surface area contributed by atoms with Crippen LogP contribution >= 0.6 is 11.6 Å². The Morgan fingerprint density at radius 3 is 2.71 bits per heavy atom. The number of amides is 1. The maximum Gasteiger partial charge on any atom is 0.251 e. The molecule has 0 bridgehead atoms. The second-order valence-corrected chi connectivity index (χ2v) is 4.80. The first-order valence-electron chi connectivity index (χ1n) is 6.17. The van der Waals surface area contributed by atoms with Crippen molar-refractivity contribution in [2.45, 2.75) is 6.54 Å². The molecular weight excluding hydrogens is 295 g/mol. The summed E-state index contributed by atoms with van der Waals surface area (Å²) in [7, 11) is 1.53. The fourth-order valence-electron chi connectivity index (χ4n) is 1.82. The maximum absolute atomic E-state index is 13.0. The Labute approximate surface area is 126 Å². The Morgan fingerprint density at radius 2 is 2.10 bits per heavy atom. The lowest BCUT2D eigenvalue weighted by molar-refractivity contribution is 0.0951. The molecule has 0 spiro atoms. The molecule has 0 fully saturated rings. The van der Waals surface area contributed by atoms with E-state index in [0.717, 1.165) is 11.6 Å². The number of carbonyl (C=O) groups is 1. The molecule has 0 radical (unpaired) electrons. The van der Waals surface area contributed by atoms with Gasteiger partial charge < -0.3 is 15.8 Å². The minimum absolute atomic E-state index is 0.0867. The monoisotopic (exact) mass is 308 g/mol. The van der Waals surface area contributed by atoms with E-state index in [9.17, 15) is 9.18 Å². The van der Waals surface area contributed by atoms with Crippen molar-refractivity contribution in [3.63, 3.8) is 0 Å². The molecule has 2 aromatic carbocycles. The van der Waals surface area contributed by atoms with E-state index in [2.05, 4.69) is 5.32 Å². The fraction of sp³-hybridized carbons (Fsp3) is 0.133. The van der Waals surface area contributed by atoms with Gasteiger partial charge in [0.2, 0.25) is 0 Å². The largest absolute Gasteiger partial charge is 0.495 e. The van der Waals surface area contributed by atoms with Gasteiger partial charge in [-0.25, -0.2) is 4.39 Å². The molecule has 21 heavy (non-hydrogen) atoms. The molecule has 0 atom stereocenters. The van der Waals surface area contributed by atoms with Crippen LogP contribution in [-0.4, -0.2) is 13.0 Å². The summed E-state index contributed by atoms with van der Waals surface area (Å²) >= 11 is 5.64. The van der Waals surface area contributed by atoms with Crippen LogP contribution in [0.5, 0.6) is 5.75 Å². The van der Waals surface area contributed by atoms with E-state index < -0.39 is 5.82 Å². The highest BCUT2D eigenvalue weighted by atomic mass is 35.5. The van der Waals surface area contributed by atoms with Gasteiger partial charge in [0.1, 0.15) is 11.6 Å². The first-order chi connectivity index (χ1) is 10.0. The van der Waals surface area contributed by atoms with E-state index >= 15 is 0 Å². The van der Waals surface area contributed by atoms with Gasteiger partial charge in [-0.05, 0) is 35.9 Å². The molecule has 0 aliphatic heterocycles. The molecule has 0 aliphatic rings. The summed E-state index contributed by atoms with van der Waals surface area (Å²) < 4.78 is 18.1. The number of nitrogen functional groups attached to an aromatic ring is 1. The average molecular weight is 309 g/mol. The van der Waals surface area contributed by atoms with Crippen molar-refractivity contribution in [2.75, 3.05) is 12.8 Å². The molecule has 0 saturated carbocycles. The Morgan fingerprint density at radius 1 is 1.33 bits per heavy atom. The molecule has 2 aromatic rings. The summed E-state index contributed by atoms with van der Waals surface area (Å²) in [4.78, 5) is 11.9. The molecule has 110 valence electrons. The number of nitrogens with two attached hydrogens (primary N) is 1. The highest BCUT2D eigenvalue weighted by Gasteiger charge is 2.09. The average Bonchev–Trinajstić information content (AvgIpc) is 2.47. The van der Waals surface area contributed by atoms with Gasteiger partial charge in [-0.1, -0.05) is 17.7 Å². The molecule has 0 saturated heterocycles. The lowest BCUT2D eigenvalue weighted by Crippen LogP contribution is -2.22. The van der Waals surface area contributed by atoms with Crippen LogP contribution in [0.3, 0.4) is 0 Å². The topological polar surface area (TPSA) is 64.3 Å². The van der Waals surface area contributed by atoms with Crippen LogP contribution in [0.2, 0.25) is 5.02 Å². The Bertz CT molecular complexity index is 677. The van der Waals surface area contributed by atoms with Crippen molar-refractivity contribution >= 4 is 23.2 Å². The van der Waals surface area contributed by atoms with E-state index in [1.54, 1.807) is 18.2 Å². The van der Waals surface area contributed by atoms with Gasteiger partial charge in [-0.2, -0.15) is 0 Å². The SMILES string of the molecule is COc1ccc(CNC(=O)c2ccc(F)c(Cl)c2)cc1N. The Kier molecular flexibility index (Phi) is 4.65. The summed E-state index contributed by atoms with van der Waals surface area (Å²) in [6.45, 7) is 0.294. The van der Waals surface area contributed by atoms with Crippen molar-refractivity contribution in [3.05, 3.63) is 58.4 Å². The molecule has 2 rings (SSSR count). The third-order valence-electron chi connectivity index (χ3n) is 2.93. The number of anilines is 1. The smallest absolute Gasteiger partial charge is 0.251 e. The highest BCUT2D eigenvalue weighted by Crippen LogP contribution is 2.22. The predicted molar refractivity (Wildman–Crippen MR) is 80.0 cm³/mol. The molecule has 0 aliphatic carbocycles. The van der Waals surface area contributed by atoms with Crippen LogP contribution in [0.15, 0.2) is 36.4 Å². The summed E-state index contributed by atoms with van der Waals surface area (Å²) in [5.74, 6) is -0.321. The van der Waals surface area contributed by atoms with E-state index in [1.165, 1.54) is 19.2 Å². The van der Waals surface area contributed by atoms with Crippen LogP contribution in [0.4, 0.5) is 10.1 Å². The van der Waals surface area contributed by atoms with Crippen molar-refractivity contribution in [1.29, 1.82) is 0 Å². The standard InChI is InChI=1S/C15H14ClFN2O2/c1-21-14-5-2-9(6-13(14)18)8-19-15(20)10-3-4-12(17)11(16)7-10/h2-7H,8,18H2,1H3,(H,19,20). The number of ether oxygens (including phenoxy) is 1. The lowest BCUT2D eigenvalue weighted by Gasteiger charge is -2.09. The summed E-state index contributed by atoms with van der Waals surface area (Å²) in [5, 5.41) is 2.62. The third kappa shape index (κ3) is 3.64. The number of rotatable bonds is 4. The van der Waals surface area contributed by atoms with E-state index in [4.69, 9.17) is 22.1 Å². The summed E-state index contributed by atoms with van der Waals surface area (Å²) in [6.07, 6.45) is 0. The van der Waals surface area contributed by atoms with Gasteiger partial charge in [0, 0.05) is 12.1 Å². The number of nitrogens with one attached hydrogen (secondary N) is 1. The third-order valence-corrected chi connectivity index (χ3v) is 3.22. The number of halogens is 2. The molecule has 1 amide bonds. The molecule has 6 heteroatoms. The second kappa shape index (κ2) is 6.45. The molecule has 0 unspecified atom stereocenters. The van der Waals surface area contributed by atoms with Gasteiger partial charge in [-0.3, -0.25) is 4.79 Å². The second-order valence-electron chi connectivity index (χ2n) is 4.39. The molecule has 3 N–H and O–H groups in total. The van der Waals surface area contributed by atoms with Crippen molar-refractivity contribution < 1.29 is 13.9 Å². The van der Waals surface area contributed by atoms with Crippen LogP contribution in [0, 0.1) is 5.82 Å². The number of methoxy groups -OCH3 is 1. The zero-order chi connectivity index (χ0) is 15.4. The van der Waals surface area contributed by atoms with Gasteiger partial charge in [-0.15, -0.1) is 0 Å². The summed E-state index contributed by atoms with van der Waals surface area (Å²) in [5.41, 5.74) is 7.41. The molecule has 0 aromatic heterocycles. The molecule has 4 nitrogen and oxygen atoms in total. The van der Waals surface area contributed by atoms with Crippen LogP contribution in [0.25, 0.3) is 0 Å². The number of benzene rings is 2. The van der Waals surface area contributed by atoms with Crippen LogP contribution < -0.4 is 15.8 Å². The highest BCUT2D eigenvalue weighted by molar-refractivity contribution is 6.31. The first kappa shape index (κ1) is 15.1. The first-order valence-corrected chi connectivity index (χ1v) is 6.54. The Balaban J connectivity index is 2.03. The quantitative estimate of drug-likeness (QED) is 0.853. The molecular formula is C15H14ClFN2O2. The zero-order valence-electron chi connectivity index (χ0n) is 11.3. The van der Waals surface area contributed by atoms with E-state index in [-0.39, 0.29) is 10.9 Å². The Hall–Kier alpha value is -2.27. The van der Waals surface area contributed by atoms with Crippen LogP contribution in [-0.2, 0) is 6.54 Å². The lowest BCUT2D eigenvalue weighted by atomic mass is 10.1.